The van der Waals surface area contributed by atoms with Crippen molar-refractivity contribution >= 4 is 23.0 Å². The van der Waals surface area contributed by atoms with Crippen molar-refractivity contribution in [1.82, 2.24) is 0 Å². The molecule has 0 aromatic rings. The van der Waals surface area contributed by atoms with Gasteiger partial charge in [0, 0.05) is 0 Å². The van der Waals surface area contributed by atoms with Crippen LogP contribution in [0.3, 0.4) is 0 Å². The molecule has 0 amide bonds. The molecule has 0 heterocycles. The van der Waals surface area contributed by atoms with Crippen LogP contribution in [0.1, 0.15) is 32.6 Å². The zero-order valence-electron chi connectivity index (χ0n) is 5.43. The van der Waals surface area contributed by atoms with E-state index >= 15 is 0 Å². The SMILES string of the molecule is CCCCC/C=[CH]/[Sb]. The van der Waals surface area contributed by atoms with E-state index in [-0.39, 0.29) is 0 Å². The first-order valence-electron chi connectivity index (χ1n) is 3.21. The molecule has 0 bridgehead atoms. The molecule has 0 atom stereocenters. The summed E-state index contributed by atoms with van der Waals surface area (Å²) in [7, 11) is 0. The minimum absolute atomic E-state index is 1.28. The fourth-order valence-corrected chi connectivity index (χ4v) is 1.01. The van der Waals surface area contributed by atoms with Gasteiger partial charge in [-0.25, -0.2) is 0 Å². The predicted molar refractivity (Wildman–Crippen MR) is 39.0 cm³/mol. The van der Waals surface area contributed by atoms with Crippen LogP contribution in [0.2, 0.25) is 0 Å². The van der Waals surface area contributed by atoms with Crippen LogP contribution in [-0.2, 0) is 0 Å². The van der Waals surface area contributed by atoms with E-state index in [0.717, 1.165) is 0 Å². The summed E-state index contributed by atoms with van der Waals surface area (Å²) in [5, 5.41) is 0. The van der Waals surface area contributed by atoms with Crippen molar-refractivity contribution in [2.24, 2.45) is 0 Å². The predicted octanol–water partition coefficient (Wildman–Crippen LogP) is 2.25. The molecule has 0 fully saturated rings. The summed E-state index contributed by atoms with van der Waals surface area (Å²) >= 11 is 1.77. The molecule has 1 heteroatoms. The Kier molecular flexibility index (Phi) is 8.09. The molecule has 2 radical (unpaired) electrons. The van der Waals surface area contributed by atoms with Gasteiger partial charge in [0.2, 0.25) is 0 Å². The third-order valence-corrected chi connectivity index (χ3v) is 1.68. The molecule has 0 rings (SSSR count). The molecular formula is C7H13Sb. The van der Waals surface area contributed by atoms with Crippen molar-refractivity contribution in [2.45, 2.75) is 32.6 Å². The molecule has 0 saturated heterocycles. The van der Waals surface area contributed by atoms with Crippen molar-refractivity contribution in [1.29, 1.82) is 0 Å². The molecule has 8 heavy (non-hydrogen) atoms. The van der Waals surface area contributed by atoms with Crippen LogP contribution in [-0.4, -0.2) is 23.0 Å². The van der Waals surface area contributed by atoms with Crippen LogP contribution in [0.25, 0.3) is 0 Å². The third kappa shape index (κ3) is 6.56. The van der Waals surface area contributed by atoms with Crippen molar-refractivity contribution in [3.05, 3.63) is 10.1 Å². The second-order valence-corrected chi connectivity index (χ2v) is 2.73. The van der Waals surface area contributed by atoms with Gasteiger partial charge in [0.1, 0.15) is 0 Å². The second kappa shape index (κ2) is 7.56. The summed E-state index contributed by atoms with van der Waals surface area (Å²) in [4.78, 5) is 0. The van der Waals surface area contributed by atoms with Gasteiger partial charge < -0.3 is 0 Å². The van der Waals surface area contributed by atoms with E-state index < -0.39 is 0 Å². The van der Waals surface area contributed by atoms with Gasteiger partial charge in [-0.3, -0.25) is 0 Å². The molecule has 0 aliphatic rings. The number of rotatable bonds is 4. The Morgan fingerprint density at radius 3 is 2.62 bits per heavy atom. The topological polar surface area (TPSA) is 0 Å². The number of hydrogen-bond acceptors (Lipinski definition) is 0. The molecule has 0 nitrogen and oxygen atoms in total. The number of unbranched alkanes of at least 4 members (excludes halogenated alkanes) is 3. The average Bonchev–Trinajstić information content (AvgIpc) is 1.81. The summed E-state index contributed by atoms with van der Waals surface area (Å²) in [6.45, 7) is 2.23. The van der Waals surface area contributed by atoms with Gasteiger partial charge in [-0.05, 0) is 0 Å². The van der Waals surface area contributed by atoms with Crippen LogP contribution in [0.15, 0.2) is 10.1 Å². The Balaban J connectivity index is 2.72. The van der Waals surface area contributed by atoms with E-state index in [9.17, 15) is 0 Å². The monoisotopic (exact) mass is 218 g/mol. The standard InChI is InChI=1S/C7H13.Sb/c1-3-5-7-6-4-2;/h1,3H,4-7H2,2H3;. The van der Waals surface area contributed by atoms with Crippen molar-refractivity contribution < 1.29 is 0 Å². The fourth-order valence-electron chi connectivity index (χ4n) is 0.587. The van der Waals surface area contributed by atoms with Crippen LogP contribution in [0, 0.1) is 0 Å². The van der Waals surface area contributed by atoms with Gasteiger partial charge >= 0.3 is 65.7 Å². The second-order valence-electron chi connectivity index (χ2n) is 1.88. The van der Waals surface area contributed by atoms with E-state index in [2.05, 4.69) is 17.0 Å². The van der Waals surface area contributed by atoms with Gasteiger partial charge in [0.25, 0.3) is 0 Å². The summed E-state index contributed by atoms with van der Waals surface area (Å²) in [6.07, 6.45) is 7.62. The van der Waals surface area contributed by atoms with Gasteiger partial charge in [-0.15, -0.1) is 0 Å². The molecule has 0 aromatic carbocycles. The van der Waals surface area contributed by atoms with Gasteiger partial charge in [0.05, 0.1) is 0 Å². The van der Waals surface area contributed by atoms with Crippen LogP contribution in [0.4, 0.5) is 0 Å². The zero-order valence-corrected chi connectivity index (χ0v) is 7.98. The summed E-state index contributed by atoms with van der Waals surface area (Å²) in [5.74, 6) is 0. The van der Waals surface area contributed by atoms with Crippen molar-refractivity contribution in [3.8, 4) is 0 Å². The maximum atomic E-state index is 2.25. The molecule has 46 valence electrons. The van der Waals surface area contributed by atoms with E-state index in [4.69, 9.17) is 0 Å². The zero-order chi connectivity index (χ0) is 6.24. The molecule has 0 N–H and O–H groups in total. The Hall–Kier alpha value is 0.558. The van der Waals surface area contributed by atoms with Crippen molar-refractivity contribution in [3.63, 3.8) is 0 Å². The molecule has 0 saturated carbocycles. The first-order chi connectivity index (χ1) is 3.91. The van der Waals surface area contributed by atoms with Gasteiger partial charge in [-0.2, -0.15) is 0 Å². The van der Waals surface area contributed by atoms with Crippen molar-refractivity contribution in [2.75, 3.05) is 0 Å². The molecule has 0 spiro atoms. The van der Waals surface area contributed by atoms with Crippen LogP contribution >= 0.6 is 0 Å². The molecule has 0 aliphatic heterocycles. The molecule has 0 unspecified atom stereocenters. The molecule has 0 aliphatic carbocycles. The van der Waals surface area contributed by atoms with E-state index in [1.165, 1.54) is 25.7 Å². The fraction of sp³-hybridized carbons (Fsp3) is 0.714. The van der Waals surface area contributed by atoms with Crippen LogP contribution in [0.5, 0.6) is 0 Å². The molecular weight excluding hydrogens is 206 g/mol. The number of allylic oxidation sites excluding steroid dienone is 1. The number of hydrogen-bond donors (Lipinski definition) is 0. The first kappa shape index (κ1) is 8.56. The van der Waals surface area contributed by atoms with Gasteiger partial charge in [0.15, 0.2) is 0 Å². The maximum absolute atomic E-state index is 2.25. The Bertz CT molecular complexity index is 57.4. The Morgan fingerprint density at radius 1 is 1.38 bits per heavy atom. The summed E-state index contributed by atoms with van der Waals surface area (Å²) in [5.41, 5.74) is 0. The minimum atomic E-state index is 1.28. The van der Waals surface area contributed by atoms with E-state index in [1.807, 2.05) is 0 Å². The Labute approximate surface area is 65.8 Å². The normalized spacial score (nSPS) is 10.8. The average molecular weight is 219 g/mol. The Morgan fingerprint density at radius 2 is 2.12 bits per heavy atom. The summed E-state index contributed by atoms with van der Waals surface area (Å²) < 4.78 is 2.17. The van der Waals surface area contributed by atoms with E-state index in [0.29, 0.717) is 0 Å². The third-order valence-electron chi connectivity index (χ3n) is 1.08. The van der Waals surface area contributed by atoms with Crippen LogP contribution < -0.4 is 0 Å². The van der Waals surface area contributed by atoms with E-state index in [1.54, 1.807) is 23.0 Å². The first-order valence-corrected chi connectivity index (χ1v) is 4.68. The molecule has 0 aromatic heterocycles. The quantitative estimate of drug-likeness (QED) is 0.502. The summed E-state index contributed by atoms with van der Waals surface area (Å²) in [6, 6.07) is 0. The van der Waals surface area contributed by atoms with Gasteiger partial charge in [-0.1, -0.05) is 0 Å².